The van der Waals surface area contributed by atoms with Crippen molar-refractivity contribution in [3.8, 4) is 0 Å². The lowest BCUT2D eigenvalue weighted by Gasteiger charge is -2.26. The van der Waals surface area contributed by atoms with E-state index in [1.807, 2.05) is 0 Å². The van der Waals surface area contributed by atoms with E-state index >= 15 is 0 Å². The first-order valence-corrected chi connectivity index (χ1v) is 5.16. The summed E-state index contributed by atoms with van der Waals surface area (Å²) in [6.45, 7) is 8.73. The average molecular weight is 280 g/mol. The van der Waals surface area contributed by atoms with E-state index in [0.717, 1.165) is 7.11 Å². The number of alkyl halides is 3. The zero-order chi connectivity index (χ0) is 15.4. The Morgan fingerprint density at radius 3 is 1.95 bits per heavy atom. The standard InChI is InChI=1S/C12H15F3O4/c1-7(9(16)18-5)6-11(3,4)19-10(17)8(2)12(13,14)15/h1-2,6H2,3-5H3. The Labute approximate surface area is 108 Å². The van der Waals surface area contributed by atoms with Gasteiger partial charge in [-0.15, -0.1) is 0 Å². The third-order valence-electron chi connectivity index (χ3n) is 2.07. The van der Waals surface area contributed by atoms with Crippen LogP contribution in [0.2, 0.25) is 0 Å². The second-order valence-electron chi connectivity index (χ2n) is 4.40. The molecule has 0 aliphatic heterocycles. The zero-order valence-corrected chi connectivity index (χ0v) is 10.9. The molecule has 7 heteroatoms. The Balaban J connectivity index is 4.70. The van der Waals surface area contributed by atoms with Crippen molar-refractivity contribution in [3.63, 3.8) is 0 Å². The van der Waals surface area contributed by atoms with Crippen LogP contribution in [0.1, 0.15) is 20.3 Å². The summed E-state index contributed by atoms with van der Waals surface area (Å²) in [6, 6.07) is 0. The van der Waals surface area contributed by atoms with Crippen molar-refractivity contribution < 1.29 is 32.2 Å². The van der Waals surface area contributed by atoms with E-state index in [4.69, 9.17) is 0 Å². The van der Waals surface area contributed by atoms with Gasteiger partial charge in [0.2, 0.25) is 0 Å². The molecule has 0 bridgehead atoms. The first kappa shape index (κ1) is 17.2. The smallest absolute Gasteiger partial charge is 0.422 e. The summed E-state index contributed by atoms with van der Waals surface area (Å²) in [4.78, 5) is 22.3. The van der Waals surface area contributed by atoms with E-state index in [2.05, 4.69) is 22.6 Å². The molecule has 0 aromatic carbocycles. The van der Waals surface area contributed by atoms with Crippen molar-refractivity contribution in [3.05, 3.63) is 24.3 Å². The molecule has 0 amide bonds. The first-order valence-electron chi connectivity index (χ1n) is 5.16. The number of hydrogen-bond acceptors (Lipinski definition) is 4. The van der Waals surface area contributed by atoms with Gasteiger partial charge in [-0.05, 0) is 13.8 Å². The van der Waals surface area contributed by atoms with Crippen LogP contribution in [0.25, 0.3) is 0 Å². The van der Waals surface area contributed by atoms with Crippen molar-refractivity contribution in [1.82, 2.24) is 0 Å². The number of esters is 2. The van der Waals surface area contributed by atoms with Crippen LogP contribution in [0.5, 0.6) is 0 Å². The van der Waals surface area contributed by atoms with Gasteiger partial charge in [0, 0.05) is 12.0 Å². The molecule has 0 aromatic rings. The predicted molar refractivity (Wildman–Crippen MR) is 61.1 cm³/mol. The molecule has 0 atom stereocenters. The maximum Gasteiger partial charge on any atom is 0.422 e. The number of rotatable bonds is 5. The highest BCUT2D eigenvalue weighted by molar-refractivity contribution is 5.90. The third-order valence-corrected chi connectivity index (χ3v) is 2.07. The molecule has 0 rings (SSSR count). The lowest BCUT2D eigenvalue weighted by molar-refractivity contribution is -0.162. The van der Waals surface area contributed by atoms with Gasteiger partial charge in [-0.1, -0.05) is 13.2 Å². The summed E-state index contributed by atoms with van der Waals surface area (Å²) >= 11 is 0. The minimum Gasteiger partial charge on any atom is -0.466 e. The summed E-state index contributed by atoms with van der Waals surface area (Å²) in [7, 11) is 1.14. The fourth-order valence-corrected chi connectivity index (χ4v) is 1.19. The number of halogens is 3. The first-order chi connectivity index (χ1) is 8.40. The van der Waals surface area contributed by atoms with Gasteiger partial charge in [-0.3, -0.25) is 0 Å². The fraction of sp³-hybridized carbons (Fsp3) is 0.500. The third kappa shape index (κ3) is 5.58. The SMILES string of the molecule is C=C(CC(C)(C)OC(=O)C(=C)C(F)(F)F)C(=O)OC. The van der Waals surface area contributed by atoms with Gasteiger partial charge in [0.15, 0.2) is 0 Å². The molecule has 0 unspecified atom stereocenters. The number of hydrogen-bond donors (Lipinski definition) is 0. The van der Waals surface area contributed by atoms with Crippen LogP contribution in [0.4, 0.5) is 13.2 Å². The number of carbonyl (C=O) groups is 2. The van der Waals surface area contributed by atoms with Crippen LogP contribution in [0, 0.1) is 0 Å². The van der Waals surface area contributed by atoms with Gasteiger partial charge >= 0.3 is 18.1 Å². The van der Waals surface area contributed by atoms with Crippen LogP contribution < -0.4 is 0 Å². The van der Waals surface area contributed by atoms with Gasteiger partial charge in [-0.2, -0.15) is 13.2 Å². The van der Waals surface area contributed by atoms with E-state index in [1.165, 1.54) is 13.8 Å². The molecule has 0 saturated carbocycles. The molecule has 0 spiro atoms. The minimum atomic E-state index is -4.85. The van der Waals surface area contributed by atoms with Gasteiger partial charge in [0.05, 0.1) is 7.11 Å². The van der Waals surface area contributed by atoms with Crippen molar-refractivity contribution in [2.24, 2.45) is 0 Å². The Kier molecular flexibility index (Phi) is 5.34. The molecular formula is C12H15F3O4. The van der Waals surface area contributed by atoms with Gasteiger partial charge in [0.1, 0.15) is 11.2 Å². The molecule has 108 valence electrons. The maximum atomic E-state index is 12.2. The molecule has 0 aliphatic rings. The number of ether oxygens (including phenoxy) is 2. The Bertz CT molecular complexity index is 408. The van der Waals surface area contributed by atoms with Crippen molar-refractivity contribution in [2.75, 3.05) is 7.11 Å². The minimum absolute atomic E-state index is 0.0158. The monoisotopic (exact) mass is 280 g/mol. The number of methoxy groups -OCH3 is 1. The zero-order valence-electron chi connectivity index (χ0n) is 10.9. The van der Waals surface area contributed by atoms with Crippen molar-refractivity contribution in [1.29, 1.82) is 0 Å². The summed E-state index contributed by atoms with van der Waals surface area (Å²) in [5.74, 6) is -2.31. The molecule has 0 saturated heterocycles. The van der Waals surface area contributed by atoms with Crippen molar-refractivity contribution >= 4 is 11.9 Å². The molecule has 0 radical (unpaired) electrons. The molecular weight excluding hydrogens is 265 g/mol. The highest BCUT2D eigenvalue weighted by atomic mass is 19.4. The van der Waals surface area contributed by atoms with E-state index < -0.39 is 29.3 Å². The second kappa shape index (κ2) is 5.90. The van der Waals surface area contributed by atoms with E-state index in [-0.39, 0.29) is 12.0 Å². The van der Waals surface area contributed by atoms with Gasteiger partial charge < -0.3 is 9.47 Å². The molecule has 0 N–H and O–H groups in total. The normalized spacial score (nSPS) is 11.7. The Hall–Kier alpha value is -1.79. The average Bonchev–Trinajstić information content (AvgIpc) is 2.23. The summed E-state index contributed by atoms with van der Waals surface area (Å²) in [5.41, 5.74) is -2.96. The maximum absolute atomic E-state index is 12.2. The second-order valence-corrected chi connectivity index (χ2v) is 4.40. The Morgan fingerprint density at radius 1 is 1.11 bits per heavy atom. The van der Waals surface area contributed by atoms with Gasteiger partial charge in [0.25, 0.3) is 0 Å². The molecule has 0 heterocycles. The van der Waals surface area contributed by atoms with Crippen LogP contribution in [0.3, 0.4) is 0 Å². The lowest BCUT2D eigenvalue weighted by atomic mass is 9.99. The summed E-state index contributed by atoms with van der Waals surface area (Å²) in [5, 5.41) is 0. The van der Waals surface area contributed by atoms with Crippen LogP contribution in [0.15, 0.2) is 24.3 Å². The van der Waals surface area contributed by atoms with Crippen LogP contribution in [-0.4, -0.2) is 30.8 Å². The molecule has 0 aliphatic carbocycles. The lowest BCUT2D eigenvalue weighted by Crippen LogP contribution is -2.33. The van der Waals surface area contributed by atoms with Crippen molar-refractivity contribution in [2.45, 2.75) is 32.0 Å². The van der Waals surface area contributed by atoms with Crippen LogP contribution in [-0.2, 0) is 19.1 Å². The highest BCUT2D eigenvalue weighted by Gasteiger charge is 2.40. The quantitative estimate of drug-likeness (QED) is 0.573. The van der Waals surface area contributed by atoms with Crippen LogP contribution >= 0.6 is 0 Å². The van der Waals surface area contributed by atoms with E-state index in [0.29, 0.717) is 0 Å². The molecule has 19 heavy (non-hydrogen) atoms. The Morgan fingerprint density at radius 2 is 1.58 bits per heavy atom. The van der Waals surface area contributed by atoms with Gasteiger partial charge in [-0.25, -0.2) is 9.59 Å². The van der Waals surface area contributed by atoms with E-state index in [1.54, 1.807) is 0 Å². The predicted octanol–water partition coefficient (Wildman–Crippen LogP) is 2.55. The molecule has 4 nitrogen and oxygen atoms in total. The summed E-state index contributed by atoms with van der Waals surface area (Å²) < 4.78 is 45.7. The largest absolute Gasteiger partial charge is 0.466 e. The number of carbonyl (C=O) groups excluding carboxylic acids is 2. The summed E-state index contributed by atoms with van der Waals surface area (Å²) in [6.07, 6.45) is -5.01. The molecule has 0 aromatic heterocycles. The topological polar surface area (TPSA) is 52.6 Å². The highest BCUT2D eigenvalue weighted by Crippen LogP contribution is 2.28. The fourth-order valence-electron chi connectivity index (χ4n) is 1.19. The van der Waals surface area contributed by atoms with E-state index in [9.17, 15) is 22.8 Å². The molecule has 0 fully saturated rings.